The van der Waals surface area contributed by atoms with Gasteiger partial charge in [0.05, 0.1) is 0 Å². The first-order valence-corrected chi connectivity index (χ1v) is 10.1. The van der Waals surface area contributed by atoms with Gasteiger partial charge in [0, 0.05) is 17.2 Å². The van der Waals surface area contributed by atoms with Crippen molar-refractivity contribution in [1.82, 2.24) is 5.16 Å². The van der Waals surface area contributed by atoms with Crippen molar-refractivity contribution < 1.29 is 14.1 Å². The van der Waals surface area contributed by atoms with Crippen LogP contribution in [0, 0.1) is 0 Å². The van der Waals surface area contributed by atoms with Gasteiger partial charge in [0.1, 0.15) is 18.1 Å². The molecule has 0 aliphatic heterocycles. The Balaban J connectivity index is 1.31. The van der Waals surface area contributed by atoms with Crippen molar-refractivity contribution in [3.8, 4) is 5.75 Å². The molecule has 0 saturated heterocycles. The van der Waals surface area contributed by atoms with Crippen molar-refractivity contribution in [2.24, 2.45) is 0 Å². The van der Waals surface area contributed by atoms with Gasteiger partial charge in [-0.15, -0.1) is 0 Å². The Bertz CT molecular complexity index is 1190. The Morgan fingerprint density at radius 2 is 1.68 bits per heavy atom. The molecule has 2 amide bonds. The number of hydrogen-bond donors (Lipinski definition) is 2. The fourth-order valence-corrected chi connectivity index (χ4v) is 3.10. The van der Waals surface area contributed by atoms with E-state index in [-0.39, 0.29) is 5.41 Å². The largest absolute Gasteiger partial charge is 0.489 e. The number of hydrogen-bond acceptors (Lipinski definition) is 4. The van der Waals surface area contributed by atoms with Crippen LogP contribution < -0.4 is 15.4 Å². The summed E-state index contributed by atoms with van der Waals surface area (Å²) in [6.07, 6.45) is 0. The van der Waals surface area contributed by atoms with Crippen LogP contribution in [0.2, 0.25) is 0 Å². The summed E-state index contributed by atoms with van der Waals surface area (Å²) in [7, 11) is 0. The lowest BCUT2D eigenvalue weighted by molar-refractivity contribution is 0.262. The normalized spacial score (nSPS) is 11.3. The van der Waals surface area contributed by atoms with Crippen LogP contribution >= 0.6 is 0 Å². The molecule has 0 saturated carbocycles. The molecule has 0 bridgehead atoms. The second kappa shape index (κ2) is 8.52. The Morgan fingerprint density at radius 3 is 2.39 bits per heavy atom. The Hall–Kier alpha value is -3.80. The maximum absolute atomic E-state index is 12.2. The summed E-state index contributed by atoms with van der Waals surface area (Å²) in [5.74, 6) is 1.80. The maximum atomic E-state index is 12.2. The number of carbonyl (C=O) groups excluding carboxylic acids is 1. The third-order valence-electron chi connectivity index (χ3n) is 4.82. The monoisotopic (exact) mass is 415 g/mol. The first kappa shape index (κ1) is 20.5. The van der Waals surface area contributed by atoms with Gasteiger partial charge >= 0.3 is 6.03 Å². The number of rotatable bonds is 5. The average molecular weight is 415 g/mol. The first-order chi connectivity index (χ1) is 14.9. The van der Waals surface area contributed by atoms with Crippen LogP contribution in [-0.4, -0.2) is 11.2 Å². The van der Waals surface area contributed by atoms with E-state index in [2.05, 4.69) is 46.1 Å². The number of nitrogens with one attached hydrogen (secondary N) is 2. The van der Waals surface area contributed by atoms with E-state index in [1.54, 1.807) is 18.2 Å². The molecule has 31 heavy (non-hydrogen) atoms. The summed E-state index contributed by atoms with van der Waals surface area (Å²) in [6.45, 7) is 6.52. The molecule has 1 aromatic heterocycles. The van der Waals surface area contributed by atoms with Gasteiger partial charge in [0.15, 0.2) is 5.82 Å². The zero-order valence-electron chi connectivity index (χ0n) is 17.8. The maximum Gasteiger partial charge on any atom is 0.324 e. The number of aromatic nitrogens is 1. The standard InChI is InChI=1S/C25H25N3O3/c1-25(2,3)22-15-23(28-31-22)27-24(29)26-20-10-12-21(13-11-20)30-16-17-8-9-18-6-4-5-7-19(18)14-17/h4-15H,16H2,1-3H3,(H2,26,27,28,29). The summed E-state index contributed by atoms with van der Waals surface area (Å²) in [4.78, 5) is 12.2. The van der Waals surface area contributed by atoms with E-state index in [0.717, 1.165) is 11.3 Å². The quantitative estimate of drug-likeness (QED) is 0.398. The second-order valence-electron chi connectivity index (χ2n) is 8.40. The van der Waals surface area contributed by atoms with Gasteiger partial charge in [0.2, 0.25) is 0 Å². The van der Waals surface area contributed by atoms with E-state index in [1.807, 2.05) is 45.0 Å². The molecule has 158 valence electrons. The lowest BCUT2D eigenvalue weighted by atomic mass is 9.93. The number of ether oxygens (including phenoxy) is 1. The topological polar surface area (TPSA) is 76.4 Å². The van der Waals surface area contributed by atoms with Gasteiger partial charge in [-0.2, -0.15) is 0 Å². The lowest BCUT2D eigenvalue weighted by Crippen LogP contribution is -2.19. The molecule has 0 aliphatic carbocycles. The van der Waals surface area contributed by atoms with E-state index >= 15 is 0 Å². The highest BCUT2D eigenvalue weighted by molar-refractivity contribution is 5.99. The summed E-state index contributed by atoms with van der Waals surface area (Å²) >= 11 is 0. The lowest BCUT2D eigenvalue weighted by Gasteiger charge is -2.12. The SMILES string of the molecule is CC(C)(C)c1cc(NC(=O)Nc2ccc(OCc3ccc4ccccc4c3)cc2)no1. The number of urea groups is 1. The van der Waals surface area contributed by atoms with E-state index < -0.39 is 6.03 Å². The average Bonchev–Trinajstić information content (AvgIpc) is 3.22. The second-order valence-corrected chi connectivity index (χ2v) is 8.40. The molecule has 0 fully saturated rings. The van der Waals surface area contributed by atoms with E-state index in [9.17, 15) is 4.79 Å². The van der Waals surface area contributed by atoms with Gasteiger partial charge in [0.25, 0.3) is 0 Å². The third kappa shape index (κ3) is 5.22. The van der Waals surface area contributed by atoms with Crippen molar-refractivity contribution in [3.63, 3.8) is 0 Å². The Morgan fingerprint density at radius 1 is 0.935 bits per heavy atom. The molecule has 2 N–H and O–H groups in total. The van der Waals surface area contributed by atoms with E-state index in [4.69, 9.17) is 9.26 Å². The fourth-order valence-electron chi connectivity index (χ4n) is 3.10. The molecule has 6 nitrogen and oxygen atoms in total. The van der Waals surface area contributed by atoms with Crippen molar-refractivity contribution in [1.29, 1.82) is 0 Å². The molecule has 0 unspecified atom stereocenters. The molecular formula is C25H25N3O3. The molecule has 6 heteroatoms. The minimum absolute atomic E-state index is 0.175. The molecule has 4 rings (SSSR count). The molecular weight excluding hydrogens is 390 g/mol. The minimum atomic E-state index is -0.390. The highest BCUT2D eigenvalue weighted by Gasteiger charge is 2.20. The minimum Gasteiger partial charge on any atom is -0.489 e. The van der Waals surface area contributed by atoms with Crippen molar-refractivity contribution in [2.45, 2.75) is 32.8 Å². The van der Waals surface area contributed by atoms with Gasteiger partial charge in [-0.1, -0.05) is 62.3 Å². The molecule has 0 atom stereocenters. The predicted molar refractivity (Wildman–Crippen MR) is 123 cm³/mol. The van der Waals surface area contributed by atoms with Gasteiger partial charge in [-0.05, 0) is 46.7 Å². The highest BCUT2D eigenvalue weighted by atomic mass is 16.5. The van der Waals surface area contributed by atoms with Crippen molar-refractivity contribution in [2.75, 3.05) is 10.6 Å². The number of amides is 2. The molecule has 4 aromatic rings. The molecule has 1 heterocycles. The van der Waals surface area contributed by atoms with Crippen molar-refractivity contribution in [3.05, 3.63) is 84.1 Å². The number of carbonyl (C=O) groups is 1. The van der Waals surface area contributed by atoms with E-state index in [0.29, 0.717) is 23.9 Å². The van der Waals surface area contributed by atoms with Crippen molar-refractivity contribution >= 4 is 28.3 Å². The Kier molecular flexibility index (Phi) is 5.62. The van der Waals surface area contributed by atoms with Gasteiger partial charge in [-0.25, -0.2) is 4.79 Å². The number of fused-ring (bicyclic) bond motifs is 1. The smallest absolute Gasteiger partial charge is 0.324 e. The van der Waals surface area contributed by atoms with Crippen LogP contribution in [0.25, 0.3) is 10.8 Å². The highest BCUT2D eigenvalue weighted by Crippen LogP contribution is 2.24. The van der Waals surface area contributed by atoms with Crippen LogP contribution in [0.3, 0.4) is 0 Å². The van der Waals surface area contributed by atoms with Crippen LogP contribution in [0.15, 0.2) is 77.3 Å². The number of nitrogens with zero attached hydrogens (tertiary/aromatic N) is 1. The summed E-state index contributed by atoms with van der Waals surface area (Å²) < 4.78 is 11.2. The molecule has 0 radical (unpaired) electrons. The van der Waals surface area contributed by atoms with Crippen LogP contribution in [0.1, 0.15) is 32.1 Å². The van der Waals surface area contributed by atoms with Crippen LogP contribution in [0.4, 0.5) is 16.3 Å². The summed E-state index contributed by atoms with van der Waals surface area (Å²) in [5, 5.41) is 11.7. The summed E-state index contributed by atoms with van der Waals surface area (Å²) in [6, 6.07) is 23.1. The van der Waals surface area contributed by atoms with Crippen LogP contribution in [-0.2, 0) is 12.0 Å². The Labute approximate surface area is 181 Å². The number of anilines is 2. The van der Waals surface area contributed by atoms with Gasteiger partial charge < -0.3 is 14.6 Å². The zero-order chi connectivity index (χ0) is 21.8. The van der Waals surface area contributed by atoms with Crippen LogP contribution in [0.5, 0.6) is 5.75 Å². The molecule has 3 aromatic carbocycles. The zero-order valence-corrected chi connectivity index (χ0v) is 17.8. The van der Waals surface area contributed by atoms with E-state index in [1.165, 1.54) is 10.8 Å². The molecule has 0 spiro atoms. The van der Waals surface area contributed by atoms with Gasteiger partial charge in [-0.3, -0.25) is 5.32 Å². The molecule has 0 aliphatic rings. The number of benzene rings is 3. The summed E-state index contributed by atoms with van der Waals surface area (Å²) in [5.41, 5.74) is 1.57. The first-order valence-electron chi connectivity index (χ1n) is 10.1. The predicted octanol–water partition coefficient (Wildman–Crippen LogP) is 6.35. The fraction of sp³-hybridized carbons (Fsp3) is 0.200. The third-order valence-corrected chi connectivity index (χ3v) is 4.82.